The maximum Gasteiger partial charge on any atom is 0.326 e. The number of likely N-dealkylation sites (tertiary alicyclic amines) is 1. The van der Waals surface area contributed by atoms with Crippen LogP contribution in [0.1, 0.15) is 18.4 Å². The van der Waals surface area contributed by atoms with Crippen LogP contribution in [0.3, 0.4) is 0 Å². The van der Waals surface area contributed by atoms with Crippen molar-refractivity contribution in [2.24, 2.45) is 7.05 Å². The van der Waals surface area contributed by atoms with Gasteiger partial charge in [-0.3, -0.25) is 4.79 Å². The molecule has 1 aliphatic rings. The van der Waals surface area contributed by atoms with Crippen LogP contribution in [-0.2, 0) is 18.3 Å². The summed E-state index contributed by atoms with van der Waals surface area (Å²) in [5, 5.41) is 19.8. The minimum Gasteiger partial charge on any atom is -0.494 e. The summed E-state index contributed by atoms with van der Waals surface area (Å²) < 4.78 is 6.52. The number of hydrogen-bond acceptors (Lipinski definition) is 6. The van der Waals surface area contributed by atoms with Crippen molar-refractivity contribution in [3.05, 3.63) is 76.7 Å². The van der Waals surface area contributed by atoms with E-state index in [0.717, 1.165) is 18.5 Å². The first-order valence-corrected chi connectivity index (χ1v) is 12.2. The van der Waals surface area contributed by atoms with Crippen molar-refractivity contribution in [3.63, 3.8) is 0 Å². The number of carboxylic acids is 1. The number of benzene rings is 2. The van der Waals surface area contributed by atoms with E-state index in [1.807, 2.05) is 30.3 Å². The molecule has 3 aromatic rings. The van der Waals surface area contributed by atoms with Crippen LogP contribution in [0.2, 0.25) is 0 Å². The number of aliphatic carboxylic acids is 1. The first-order valence-electron chi connectivity index (χ1n) is 12.2. The number of nitrogens with zero attached hydrogens (tertiary/aromatic N) is 3. The molecule has 194 valence electrons. The Morgan fingerprint density at radius 1 is 1.16 bits per heavy atom. The molecule has 10 heteroatoms. The molecule has 0 radical (unpaired) electrons. The number of ether oxygens (including phenoxy) is 1. The summed E-state index contributed by atoms with van der Waals surface area (Å²) in [5.41, 5.74) is 2.39. The van der Waals surface area contributed by atoms with Gasteiger partial charge >= 0.3 is 12.0 Å². The molecule has 2 heterocycles. The Hall–Kier alpha value is -4.34. The fourth-order valence-electron chi connectivity index (χ4n) is 4.53. The second kappa shape index (κ2) is 11.6. The van der Waals surface area contributed by atoms with Gasteiger partial charge in [-0.15, -0.1) is 0 Å². The number of anilines is 1. The van der Waals surface area contributed by atoms with Crippen molar-refractivity contribution in [1.29, 1.82) is 0 Å². The number of rotatable bonds is 9. The van der Waals surface area contributed by atoms with Gasteiger partial charge in [-0.05, 0) is 36.1 Å². The molecule has 4 rings (SSSR count). The van der Waals surface area contributed by atoms with Gasteiger partial charge in [0.2, 0.25) is 0 Å². The third-order valence-corrected chi connectivity index (χ3v) is 6.55. The zero-order valence-electron chi connectivity index (χ0n) is 20.9. The van der Waals surface area contributed by atoms with E-state index >= 15 is 0 Å². The Kier molecular flexibility index (Phi) is 8.07. The second-order valence-corrected chi connectivity index (χ2v) is 8.99. The minimum atomic E-state index is -1.11. The maximum atomic E-state index is 13.0. The number of carbonyl (C=O) groups excluding carboxylic acids is 1. The lowest BCUT2D eigenvalue weighted by Crippen LogP contribution is -2.51. The number of urea groups is 1. The van der Waals surface area contributed by atoms with Crippen molar-refractivity contribution in [1.82, 2.24) is 20.0 Å². The van der Waals surface area contributed by atoms with E-state index in [-0.39, 0.29) is 24.1 Å². The summed E-state index contributed by atoms with van der Waals surface area (Å²) in [6.45, 7) is 1.17. The maximum absolute atomic E-state index is 13.0. The molecule has 0 saturated carbocycles. The SMILES string of the molecule is COc1cnn(C)c(=O)c1-c1ccc(C[C@H](NC(=O)N2CCCC2CNc2ccccc2)C(=O)O)cc1. The van der Waals surface area contributed by atoms with Crippen LogP contribution in [0.15, 0.2) is 65.6 Å². The Labute approximate surface area is 214 Å². The van der Waals surface area contributed by atoms with Crippen LogP contribution in [0, 0.1) is 0 Å². The Bertz CT molecular complexity index is 1290. The molecule has 3 N–H and O–H groups in total. The van der Waals surface area contributed by atoms with E-state index in [1.165, 1.54) is 18.0 Å². The topological polar surface area (TPSA) is 126 Å². The monoisotopic (exact) mass is 505 g/mol. The van der Waals surface area contributed by atoms with Gasteiger partial charge in [0.1, 0.15) is 6.04 Å². The van der Waals surface area contributed by atoms with Gasteiger partial charge < -0.3 is 25.4 Å². The van der Waals surface area contributed by atoms with E-state index in [4.69, 9.17) is 4.74 Å². The van der Waals surface area contributed by atoms with Crippen molar-refractivity contribution >= 4 is 17.7 Å². The number of para-hydroxylation sites is 1. The van der Waals surface area contributed by atoms with Crippen LogP contribution in [-0.4, -0.2) is 64.1 Å². The fraction of sp³-hybridized carbons (Fsp3) is 0.333. The van der Waals surface area contributed by atoms with Gasteiger partial charge in [0.05, 0.1) is 24.9 Å². The minimum absolute atomic E-state index is 0.0214. The highest BCUT2D eigenvalue weighted by Crippen LogP contribution is 2.26. The number of nitrogens with one attached hydrogen (secondary N) is 2. The first kappa shape index (κ1) is 25.7. The van der Waals surface area contributed by atoms with Crippen LogP contribution < -0.4 is 20.9 Å². The van der Waals surface area contributed by atoms with Gasteiger partial charge in [-0.1, -0.05) is 42.5 Å². The molecule has 2 aromatic carbocycles. The molecule has 10 nitrogen and oxygen atoms in total. The van der Waals surface area contributed by atoms with E-state index in [1.54, 1.807) is 36.2 Å². The Morgan fingerprint density at radius 3 is 2.57 bits per heavy atom. The number of methoxy groups -OCH3 is 1. The molecule has 1 aromatic heterocycles. The first-order chi connectivity index (χ1) is 17.9. The van der Waals surface area contributed by atoms with Crippen molar-refractivity contribution < 1.29 is 19.4 Å². The van der Waals surface area contributed by atoms with Crippen LogP contribution in [0.25, 0.3) is 11.1 Å². The molecule has 1 aliphatic heterocycles. The predicted molar refractivity (Wildman–Crippen MR) is 140 cm³/mol. The predicted octanol–water partition coefficient (Wildman–Crippen LogP) is 2.74. The third-order valence-electron chi connectivity index (χ3n) is 6.55. The Morgan fingerprint density at radius 2 is 1.89 bits per heavy atom. The molecule has 2 atom stereocenters. The highest BCUT2D eigenvalue weighted by atomic mass is 16.5. The smallest absolute Gasteiger partial charge is 0.326 e. The van der Waals surface area contributed by atoms with Crippen LogP contribution in [0.5, 0.6) is 5.75 Å². The second-order valence-electron chi connectivity index (χ2n) is 8.99. The molecule has 2 amide bonds. The van der Waals surface area contributed by atoms with E-state index < -0.39 is 12.0 Å². The molecule has 0 bridgehead atoms. The summed E-state index contributed by atoms with van der Waals surface area (Å²) in [7, 11) is 3.03. The van der Waals surface area contributed by atoms with Gasteiger partial charge in [0.25, 0.3) is 5.56 Å². The van der Waals surface area contributed by atoms with Gasteiger partial charge in [-0.25, -0.2) is 14.3 Å². The lowest BCUT2D eigenvalue weighted by Gasteiger charge is -2.27. The number of hydrogen-bond donors (Lipinski definition) is 3. The highest BCUT2D eigenvalue weighted by Gasteiger charge is 2.31. The quantitative estimate of drug-likeness (QED) is 0.408. The zero-order valence-corrected chi connectivity index (χ0v) is 20.9. The largest absolute Gasteiger partial charge is 0.494 e. The molecule has 37 heavy (non-hydrogen) atoms. The van der Waals surface area contributed by atoms with Crippen molar-refractivity contribution in [2.45, 2.75) is 31.3 Å². The third kappa shape index (κ3) is 6.08. The van der Waals surface area contributed by atoms with E-state index in [2.05, 4.69) is 15.7 Å². The van der Waals surface area contributed by atoms with Crippen LogP contribution >= 0.6 is 0 Å². The fourth-order valence-corrected chi connectivity index (χ4v) is 4.53. The molecule has 1 unspecified atom stereocenters. The number of aromatic nitrogens is 2. The summed E-state index contributed by atoms with van der Waals surface area (Å²) in [4.78, 5) is 39.3. The molecular formula is C27H31N5O5. The number of aryl methyl sites for hydroxylation is 1. The summed E-state index contributed by atoms with van der Waals surface area (Å²) >= 11 is 0. The lowest BCUT2D eigenvalue weighted by atomic mass is 10.0. The number of carbonyl (C=O) groups is 2. The lowest BCUT2D eigenvalue weighted by molar-refractivity contribution is -0.139. The normalized spacial score (nSPS) is 15.7. The standard InChI is InChI=1S/C27H31N5O5/c1-31-25(33)24(23(37-2)17-29-31)19-12-10-18(11-13-19)15-22(26(34)35)30-27(36)32-14-6-9-21(32)16-28-20-7-4-3-5-8-20/h3-5,7-8,10-13,17,21-22,28H,6,9,14-16H2,1-2H3,(H,30,36)(H,34,35)/t21?,22-/m0/s1. The van der Waals surface area contributed by atoms with Crippen molar-refractivity contribution in [3.8, 4) is 16.9 Å². The van der Waals surface area contributed by atoms with Crippen molar-refractivity contribution in [2.75, 3.05) is 25.5 Å². The Balaban J connectivity index is 1.42. The zero-order chi connectivity index (χ0) is 26.4. The summed E-state index contributed by atoms with van der Waals surface area (Å²) in [5.74, 6) is -0.756. The van der Waals surface area contributed by atoms with E-state index in [9.17, 15) is 19.5 Å². The average Bonchev–Trinajstić information content (AvgIpc) is 3.38. The van der Waals surface area contributed by atoms with Gasteiger partial charge in [0.15, 0.2) is 5.75 Å². The van der Waals surface area contributed by atoms with E-state index in [0.29, 0.717) is 35.5 Å². The molecule has 0 aliphatic carbocycles. The van der Waals surface area contributed by atoms with Crippen LogP contribution in [0.4, 0.5) is 10.5 Å². The highest BCUT2D eigenvalue weighted by molar-refractivity contribution is 5.83. The average molecular weight is 506 g/mol. The molecule has 0 spiro atoms. The molecule has 1 saturated heterocycles. The van der Waals surface area contributed by atoms with Gasteiger partial charge in [0, 0.05) is 32.2 Å². The summed E-state index contributed by atoms with van der Waals surface area (Å²) in [6, 6.07) is 15.2. The number of amides is 2. The van der Waals surface area contributed by atoms with Gasteiger partial charge in [-0.2, -0.15) is 5.10 Å². The molecule has 1 fully saturated rings. The number of carboxylic acid groups (broad SMARTS) is 1. The summed E-state index contributed by atoms with van der Waals surface area (Å²) in [6.07, 6.45) is 3.30. The molecular weight excluding hydrogens is 474 g/mol.